The minimum Gasteiger partial charge on any atom is -0.466 e. The molecular weight excluding hydrogens is 515 g/mol. The predicted octanol–water partition coefficient (Wildman–Crippen LogP) is 3.67. The first-order valence-corrected chi connectivity index (χ1v) is 12.5. The van der Waals surface area contributed by atoms with Gasteiger partial charge in [0.2, 0.25) is 0 Å². The molecule has 190 valence electrons. The van der Waals surface area contributed by atoms with E-state index in [-0.39, 0.29) is 35.6 Å². The van der Waals surface area contributed by atoms with Crippen molar-refractivity contribution in [3.8, 4) is 0 Å². The first-order chi connectivity index (χ1) is 16.4. The molecule has 2 amide bonds. The molecule has 0 N–H and O–H groups in total. The number of carbonyl (C=O) groups excluding carboxylic acids is 3. The maximum atomic E-state index is 12.7. The van der Waals surface area contributed by atoms with Crippen molar-refractivity contribution < 1.29 is 49.7 Å². The number of ether oxygens (including phenoxy) is 2. The number of nitrogens with zero attached hydrogens (tertiary/aromatic N) is 1. The molecule has 0 saturated heterocycles. The number of hydrogen-bond acceptors (Lipinski definition) is 9. The summed E-state index contributed by atoms with van der Waals surface area (Å²) < 4.78 is 74.9. The van der Waals surface area contributed by atoms with Crippen molar-refractivity contribution in [1.82, 2.24) is 5.06 Å². The van der Waals surface area contributed by atoms with Crippen molar-refractivity contribution in [2.75, 3.05) is 19.5 Å². The lowest BCUT2D eigenvalue weighted by atomic mass is 9.95. The summed E-state index contributed by atoms with van der Waals surface area (Å²) in [6.45, 7) is 2.06. The lowest BCUT2D eigenvalue weighted by Gasteiger charge is -2.26. The monoisotopic (exact) mass is 535 g/mol. The van der Waals surface area contributed by atoms with E-state index in [9.17, 15) is 36.0 Å². The highest BCUT2D eigenvalue weighted by Gasteiger charge is 2.51. The van der Waals surface area contributed by atoms with Crippen molar-refractivity contribution in [3.05, 3.63) is 41.5 Å². The Bertz CT molecular complexity index is 1240. The van der Waals surface area contributed by atoms with Gasteiger partial charge in [-0.15, -0.1) is 21.1 Å². The van der Waals surface area contributed by atoms with Crippen molar-refractivity contribution in [1.29, 1.82) is 0 Å². The number of alkyl halides is 3. The normalized spacial score (nSPS) is 14.9. The van der Waals surface area contributed by atoms with Crippen LogP contribution in [0.1, 0.15) is 40.5 Å². The second-order valence-corrected chi connectivity index (χ2v) is 10.0. The Morgan fingerprint density at radius 1 is 1.11 bits per heavy atom. The fourth-order valence-corrected chi connectivity index (χ4v) is 4.55. The minimum absolute atomic E-state index is 0.0462. The summed E-state index contributed by atoms with van der Waals surface area (Å²) in [6.07, 6.45) is 0.594. The number of imide groups is 1. The summed E-state index contributed by atoms with van der Waals surface area (Å²) >= 11 is 1.25. The molecule has 1 heterocycles. The molecule has 14 heteroatoms. The van der Waals surface area contributed by atoms with E-state index in [1.54, 1.807) is 13.2 Å². The van der Waals surface area contributed by atoms with Crippen LogP contribution in [0.2, 0.25) is 0 Å². The van der Waals surface area contributed by atoms with Gasteiger partial charge in [-0.3, -0.25) is 14.4 Å². The van der Waals surface area contributed by atoms with E-state index in [0.29, 0.717) is 22.5 Å². The summed E-state index contributed by atoms with van der Waals surface area (Å²) in [5.41, 5.74) is -6.24. The molecule has 9 nitrogen and oxygen atoms in total. The minimum atomic E-state index is -6.25. The van der Waals surface area contributed by atoms with Crippen LogP contribution in [-0.2, 0) is 28.7 Å². The number of thioether (sulfide) groups is 1. The van der Waals surface area contributed by atoms with E-state index in [2.05, 4.69) is 4.28 Å². The van der Waals surface area contributed by atoms with Crippen molar-refractivity contribution >= 4 is 50.4 Å². The topological polar surface area (TPSA) is 116 Å². The molecule has 0 saturated carbocycles. The van der Waals surface area contributed by atoms with Crippen LogP contribution in [0.5, 0.6) is 0 Å². The maximum Gasteiger partial charge on any atom is 0.525 e. The number of amides is 2. The average molecular weight is 536 g/mol. The molecule has 35 heavy (non-hydrogen) atoms. The van der Waals surface area contributed by atoms with E-state index >= 15 is 0 Å². The quantitative estimate of drug-likeness (QED) is 0.194. The smallest absolute Gasteiger partial charge is 0.466 e. The molecule has 1 unspecified atom stereocenters. The first-order valence-electron chi connectivity index (χ1n) is 10.1. The number of esters is 1. The zero-order valence-electron chi connectivity index (χ0n) is 18.5. The number of methoxy groups -OCH3 is 1. The van der Waals surface area contributed by atoms with Crippen LogP contribution in [0, 0.1) is 0 Å². The molecule has 2 aromatic rings. The largest absolute Gasteiger partial charge is 0.525 e. The number of carbonyl (C=O) groups is 3. The van der Waals surface area contributed by atoms with Gasteiger partial charge in [-0.05, 0) is 30.5 Å². The van der Waals surface area contributed by atoms with Crippen LogP contribution in [0.3, 0.4) is 0 Å². The standard InChI is InChI=1S/C21H20F3NO8S2/c1-12(31-2)8-10-32-17(26)9-11-34-16-7-6-15-18-13(16)4-3-5-14(18)19(27)25(20(15)28)33-35(29,30)21(22,23)24/h3-7,12H,8-11H2,1-2H3. The second kappa shape index (κ2) is 10.5. The van der Waals surface area contributed by atoms with Crippen LogP contribution in [-0.4, -0.2) is 62.3 Å². The molecule has 0 radical (unpaired) electrons. The van der Waals surface area contributed by atoms with Gasteiger partial charge in [0.05, 0.1) is 30.3 Å². The summed E-state index contributed by atoms with van der Waals surface area (Å²) in [6, 6.07) is 7.01. The molecule has 1 aliphatic rings. The molecule has 1 atom stereocenters. The van der Waals surface area contributed by atoms with Crippen LogP contribution < -0.4 is 0 Å². The fraction of sp³-hybridized carbons (Fsp3) is 0.381. The number of hydroxylamine groups is 2. The van der Waals surface area contributed by atoms with Gasteiger partial charge in [0.15, 0.2) is 0 Å². The van der Waals surface area contributed by atoms with Gasteiger partial charge in [-0.1, -0.05) is 12.1 Å². The average Bonchev–Trinajstić information content (AvgIpc) is 2.79. The first kappa shape index (κ1) is 26.9. The Morgan fingerprint density at radius 3 is 2.40 bits per heavy atom. The molecule has 0 bridgehead atoms. The number of rotatable bonds is 10. The van der Waals surface area contributed by atoms with Crippen LogP contribution >= 0.6 is 11.8 Å². The van der Waals surface area contributed by atoms with Gasteiger partial charge in [0, 0.05) is 29.6 Å². The number of hydrogen-bond donors (Lipinski definition) is 0. The summed E-state index contributed by atoms with van der Waals surface area (Å²) in [4.78, 5) is 37.9. The van der Waals surface area contributed by atoms with Crippen LogP contribution in [0.25, 0.3) is 10.8 Å². The Kier molecular flexibility index (Phi) is 8.09. The fourth-order valence-electron chi connectivity index (χ4n) is 3.15. The predicted molar refractivity (Wildman–Crippen MR) is 118 cm³/mol. The Balaban J connectivity index is 1.78. The lowest BCUT2D eigenvalue weighted by molar-refractivity contribution is -0.143. The molecule has 0 spiro atoms. The highest BCUT2D eigenvalue weighted by atomic mass is 32.2. The molecular formula is C21H20F3NO8S2. The highest BCUT2D eigenvalue weighted by Crippen LogP contribution is 2.37. The van der Waals surface area contributed by atoms with Crippen molar-refractivity contribution in [3.63, 3.8) is 0 Å². The third-order valence-electron chi connectivity index (χ3n) is 5.04. The van der Waals surface area contributed by atoms with Crippen molar-refractivity contribution in [2.45, 2.75) is 36.3 Å². The molecule has 1 aliphatic heterocycles. The van der Waals surface area contributed by atoms with Crippen molar-refractivity contribution in [2.24, 2.45) is 0 Å². The number of benzene rings is 2. The SMILES string of the molecule is COC(C)CCOC(=O)CCSc1ccc2c3c(cccc13)C(=O)N(OS(=O)(=O)C(F)(F)F)C2=O. The maximum absolute atomic E-state index is 12.7. The third kappa shape index (κ3) is 5.77. The van der Waals surface area contributed by atoms with E-state index in [4.69, 9.17) is 9.47 Å². The van der Waals surface area contributed by atoms with Gasteiger partial charge in [0.1, 0.15) is 0 Å². The van der Waals surface area contributed by atoms with Gasteiger partial charge in [0.25, 0.3) is 11.8 Å². The van der Waals surface area contributed by atoms with E-state index in [1.165, 1.54) is 36.0 Å². The summed E-state index contributed by atoms with van der Waals surface area (Å²) in [5.74, 6) is -2.79. The van der Waals surface area contributed by atoms with E-state index in [1.807, 2.05) is 6.92 Å². The molecule has 2 aromatic carbocycles. The van der Waals surface area contributed by atoms with E-state index < -0.39 is 38.5 Å². The van der Waals surface area contributed by atoms with E-state index in [0.717, 1.165) is 0 Å². The molecule has 3 rings (SSSR count). The second-order valence-electron chi connectivity index (χ2n) is 7.37. The zero-order chi connectivity index (χ0) is 26.0. The third-order valence-corrected chi connectivity index (χ3v) is 7.03. The number of halogens is 3. The van der Waals surface area contributed by atoms with Gasteiger partial charge in [-0.25, -0.2) is 0 Å². The van der Waals surface area contributed by atoms with Crippen LogP contribution in [0.4, 0.5) is 13.2 Å². The Labute approximate surface area is 202 Å². The lowest BCUT2D eigenvalue weighted by Crippen LogP contribution is -2.44. The van der Waals surface area contributed by atoms with Gasteiger partial charge < -0.3 is 9.47 Å². The zero-order valence-corrected chi connectivity index (χ0v) is 20.1. The molecule has 0 fully saturated rings. The Morgan fingerprint density at radius 2 is 1.77 bits per heavy atom. The Hall–Kier alpha value is -2.68. The van der Waals surface area contributed by atoms with Gasteiger partial charge >= 0.3 is 21.6 Å². The highest BCUT2D eigenvalue weighted by molar-refractivity contribution is 7.99. The molecule has 0 aliphatic carbocycles. The summed E-state index contributed by atoms with van der Waals surface area (Å²) in [7, 11) is -4.69. The summed E-state index contributed by atoms with van der Waals surface area (Å²) in [5, 5.41) is 0.174. The molecule has 0 aromatic heterocycles. The van der Waals surface area contributed by atoms with Gasteiger partial charge in [-0.2, -0.15) is 21.6 Å². The van der Waals surface area contributed by atoms with Crippen LogP contribution in [0.15, 0.2) is 35.2 Å².